The van der Waals surface area contributed by atoms with E-state index < -0.39 is 0 Å². The third kappa shape index (κ3) is 4.08. The van der Waals surface area contributed by atoms with Crippen molar-refractivity contribution in [2.45, 2.75) is 32.6 Å². The van der Waals surface area contributed by atoms with Gasteiger partial charge < -0.3 is 10.6 Å². The Morgan fingerprint density at radius 2 is 1.74 bits per heavy atom. The number of rotatable bonds is 5. The van der Waals surface area contributed by atoms with Crippen LogP contribution >= 0.6 is 11.6 Å². The summed E-state index contributed by atoms with van der Waals surface area (Å²) < 4.78 is 0. The zero-order valence-electron chi connectivity index (χ0n) is 17.7. The van der Waals surface area contributed by atoms with E-state index in [9.17, 15) is 4.79 Å². The van der Waals surface area contributed by atoms with Crippen LogP contribution in [0.25, 0.3) is 0 Å². The van der Waals surface area contributed by atoms with Crippen LogP contribution in [-0.4, -0.2) is 29.6 Å². The van der Waals surface area contributed by atoms with Crippen LogP contribution in [0.2, 0.25) is 0 Å². The lowest BCUT2D eigenvalue weighted by molar-refractivity contribution is 0.0601. The van der Waals surface area contributed by atoms with Gasteiger partial charge in [0, 0.05) is 41.7 Å². The molecule has 5 nitrogen and oxygen atoms in total. The highest BCUT2D eigenvalue weighted by Crippen LogP contribution is 2.37. The van der Waals surface area contributed by atoms with Gasteiger partial charge in [0.05, 0.1) is 22.4 Å². The van der Waals surface area contributed by atoms with E-state index in [1.807, 2.05) is 49.1 Å². The predicted molar refractivity (Wildman–Crippen MR) is 122 cm³/mol. The Morgan fingerprint density at radius 3 is 2.32 bits per heavy atom. The molecule has 31 heavy (non-hydrogen) atoms. The summed E-state index contributed by atoms with van der Waals surface area (Å²) in [6.45, 7) is 5.12. The first kappa shape index (κ1) is 21.1. The minimum Gasteiger partial charge on any atom is -0.401 e. The van der Waals surface area contributed by atoms with Crippen molar-refractivity contribution < 1.29 is 4.79 Å². The molecule has 2 aromatic carbocycles. The summed E-state index contributed by atoms with van der Waals surface area (Å²) in [7, 11) is 0. The van der Waals surface area contributed by atoms with Crippen molar-refractivity contribution >= 4 is 23.2 Å². The van der Waals surface area contributed by atoms with Crippen LogP contribution in [-0.2, 0) is 0 Å². The van der Waals surface area contributed by atoms with E-state index in [1.165, 1.54) is 0 Å². The number of nitrogens with two attached hydrogens (primary N) is 1. The predicted octanol–water partition coefficient (Wildman–Crippen LogP) is 4.60. The minimum absolute atomic E-state index is 0.0355. The van der Waals surface area contributed by atoms with Crippen LogP contribution in [0.15, 0.2) is 47.1 Å². The first-order valence-electron chi connectivity index (χ1n) is 10.4. The number of carbonyl (C=O) groups is 1. The Bertz CT molecular complexity index is 1130. The number of hydrogen-bond donors (Lipinski definition) is 2. The van der Waals surface area contributed by atoms with Gasteiger partial charge in [0.25, 0.3) is 5.91 Å². The van der Waals surface area contributed by atoms with Crippen molar-refractivity contribution in [3.8, 4) is 6.07 Å². The van der Waals surface area contributed by atoms with Crippen LogP contribution in [0.4, 0.5) is 0 Å². The molecule has 6 heteroatoms. The molecule has 0 unspecified atom stereocenters. The molecule has 0 radical (unpaired) electrons. The second-order valence-electron chi connectivity index (χ2n) is 8.54. The molecule has 1 aliphatic carbocycles. The Kier molecular flexibility index (Phi) is 5.60. The van der Waals surface area contributed by atoms with Gasteiger partial charge in [0.15, 0.2) is 0 Å². The van der Waals surface area contributed by atoms with Crippen LogP contribution in [0.1, 0.15) is 56.9 Å². The summed E-state index contributed by atoms with van der Waals surface area (Å²) in [6.07, 6.45) is 2.03. The molecule has 4 rings (SSSR count). The minimum atomic E-state index is -0.0355. The van der Waals surface area contributed by atoms with Gasteiger partial charge in [-0.3, -0.25) is 10.2 Å². The normalized spacial score (nSPS) is 16.9. The summed E-state index contributed by atoms with van der Waals surface area (Å²) in [5.74, 6) is 0.516. The van der Waals surface area contributed by atoms with Crippen molar-refractivity contribution in [3.63, 3.8) is 0 Å². The van der Waals surface area contributed by atoms with Gasteiger partial charge in [-0.05, 0) is 61.6 Å². The second kappa shape index (κ2) is 8.20. The molecule has 158 valence electrons. The summed E-state index contributed by atoms with van der Waals surface area (Å²) in [4.78, 5) is 15.0. The van der Waals surface area contributed by atoms with Crippen LogP contribution in [0, 0.1) is 36.5 Å². The number of aryl methyl sites for hydroxylation is 2. The maximum atomic E-state index is 13.2. The number of amides is 1. The fourth-order valence-corrected chi connectivity index (χ4v) is 4.30. The average Bonchev–Trinajstić information content (AvgIpc) is 3.57. The van der Waals surface area contributed by atoms with Gasteiger partial charge in [-0.2, -0.15) is 5.26 Å². The van der Waals surface area contributed by atoms with Crippen molar-refractivity contribution in [2.75, 3.05) is 13.1 Å². The standard InChI is InChI=1S/C25H25ClN4O/c1-14-9-15(2)21(10-20(14)24(29)22(26)23(28)18-7-8-18)25(31)30-12-19(13-30)17-5-3-16(11-27)4-6-17/h3-6,9-10,18-19,29H,7-8,12-13,28H2,1-2H3/b23-22+,29-24?. The van der Waals surface area contributed by atoms with E-state index in [4.69, 9.17) is 28.0 Å². The fourth-order valence-electron chi connectivity index (χ4n) is 4.04. The topological polar surface area (TPSA) is 94.0 Å². The van der Waals surface area contributed by atoms with Crippen molar-refractivity contribution in [1.82, 2.24) is 4.90 Å². The lowest BCUT2D eigenvalue weighted by Crippen LogP contribution is -2.48. The molecule has 1 saturated heterocycles. The van der Waals surface area contributed by atoms with Crippen LogP contribution in [0.3, 0.4) is 0 Å². The Labute approximate surface area is 187 Å². The summed E-state index contributed by atoms with van der Waals surface area (Å²) >= 11 is 6.42. The van der Waals surface area contributed by atoms with E-state index in [1.54, 1.807) is 6.07 Å². The molecule has 3 N–H and O–H groups in total. The van der Waals surface area contributed by atoms with Crippen molar-refractivity contribution in [1.29, 1.82) is 10.7 Å². The van der Waals surface area contributed by atoms with E-state index in [-0.39, 0.29) is 28.5 Å². The number of hydrogen-bond acceptors (Lipinski definition) is 4. The Morgan fingerprint density at radius 1 is 1.13 bits per heavy atom. The third-order valence-corrected chi connectivity index (χ3v) is 6.65. The molecule has 2 aliphatic rings. The molecule has 1 saturated carbocycles. The zero-order valence-corrected chi connectivity index (χ0v) is 18.5. The first-order valence-corrected chi connectivity index (χ1v) is 10.8. The molecular formula is C25H25ClN4O. The quantitative estimate of drug-likeness (QED) is 0.676. The van der Waals surface area contributed by atoms with Gasteiger partial charge in [-0.15, -0.1) is 0 Å². The number of nitriles is 1. The molecule has 2 aromatic rings. The molecule has 2 fully saturated rings. The molecule has 0 atom stereocenters. The maximum Gasteiger partial charge on any atom is 0.254 e. The summed E-state index contributed by atoms with van der Waals surface area (Å²) in [6, 6.07) is 13.4. The number of likely N-dealkylation sites (tertiary alicyclic amines) is 1. The molecule has 0 bridgehead atoms. The number of allylic oxidation sites excluding steroid dienone is 2. The average molecular weight is 433 g/mol. The highest BCUT2D eigenvalue weighted by molar-refractivity contribution is 6.46. The molecule has 0 aromatic heterocycles. The molecule has 1 heterocycles. The monoisotopic (exact) mass is 432 g/mol. The Balaban J connectivity index is 1.52. The number of carbonyl (C=O) groups excluding carboxylic acids is 1. The van der Waals surface area contributed by atoms with E-state index >= 15 is 0 Å². The summed E-state index contributed by atoms with van der Waals surface area (Å²) in [5.41, 5.74) is 11.7. The Hall–Kier alpha value is -3.10. The molecule has 1 aliphatic heterocycles. The lowest BCUT2D eigenvalue weighted by Gasteiger charge is -2.40. The molecule has 1 amide bonds. The SMILES string of the molecule is Cc1cc(C)c(C(=O)N2CC(c3ccc(C#N)cc3)C2)cc1C(=N)/C(Cl)=C(\N)C1CC1. The fraction of sp³-hybridized carbons (Fsp3) is 0.320. The first-order chi connectivity index (χ1) is 14.8. The van der Waals surface area contributed by atoms with Crippen LogP contribution in [0.5, 0.6) is 0 Å². The molecular weight excluding hydrogens is 408 g/mol. The number of benzene rings is 2. The van der Waals surface area contributed by atoms with Crippen LogP contribution < -0.4 is 5.73 Å². The molecule has 0 spiro atoms. The van der Waals surface area contributed by atoms with E-state index in [0.717, 1.165) is 29.5 Å². The van der Waals surface area contributed by atoms with Gasteiger partial charge in [-0.25, -0.2) is 0 Å². The van der Waals surface area contributed by atoms with Gasteiger partial charge >= 0.3 is 0 Å². The highest BCUT2D eigenvalue weighted by atomic mass is 35.5. The second-order valence-corrected chi connectivity index (χ2v) is 8.92. The number of halogens is 1. The van der Waals surface area contributed by atoms with E-state index in [2.05, 4.69) is 6.07 Å². The lowest BCUT2D eigenvalue weighted by atomic mass is 9.89. The largest absolute Gasteiger partial charge is 0.401 e. The van der Waals surface area contributed by atoms with Gasteiger partial charge in [0.2, 0.25) is 0 Å². The maximum absolute atomic E-state index is 13.2. The van der Waals surface area contributed by atoms with E-state index in [0.29, 0.717) is 35.5 Å². The smallest absolute Gasteiger partial charge is 0.254 e. The summed E-state index contributed by atoms with van der Waals surface area (Å²) in [5, 5.41) is 17.8. The number of nitrogens with zero attached hydrogens (tertiary/aromatic N) is 2. The zero-order chi connectivity index (χ0) is 22.3. The highest BCUT2D eigenvalue weighted by Gasteiger charge is 2.33. The third-order valence-electron chi connectivity index (χ3n) is 6.24. The van der Waals surface area contributed by atoms with Crippen molar-refractivity contribution in [3.05, 3.63) is 80.5 Å². The number of nitrogens with one attached hydrogen (secondary N) is 1. The van der Waals surface area contributed by atoms with Gasteiger partial charge in [0.1, 0.15) is 0 Å². The van der Waals surface area contributed by atoms with Gasteiger partial charge in [-0.1, -0.05) is 29.8 Å². The van der Waals surface area contributed by atoms with Crippen molar-refractivity contribution in [2.24, 2.45) is 11.7 Å².